The number of carbonyl (C=O) groups is 2. The minimum atomic E-state index is -0.185. The molecule has 29 heavy (non-hydrogen) atoms. The molecular formula is C24H28N2O3. The maximum atomic E-state index is 13.2. The lowest BCUT2D eigenvalue weighted by molar-refractivity contribution is -0.126. The van der Waals surface area contributed by atoms with Gasteiger partial charge in [-0.15, -0.1) is 0 Å². The molecule has 2 aromatic carbocycles. The van der Waals surface area contributed by atoms with E-state index in [1.807, 2.05) is 23.1 Å². The molecule has 0 bridgehead atoms. The Balaban J connectivity index is 1.52. The highest BCUT2D eigenvalue weighted by Crippen LogP contribution is 2.32. The zero-order valence-corrected chi connectivity index (χ0v) is 16.8. The molecule has 2 atom stereocenters. The average Bonchev–Trinajstić information content (AvgIpc) is 3.62. The molecule has 0 spiro atoms. The van der Waals surface area contributed by atoms with Gasteiger partial charge in [-0.05, 0) is 55.0 Å². The number of likely N-dealkylation sites (tertiary alicyclic amines) is 1. The Morgan fingerprint density at radius 3 is 2.41 bits per heavy atom. The van der Waals surface area contributed by atoms with E-state index in [1.54, 1.807) is 31.4 Å². The first kappa shape index (κ1) is 19.5. The summed E-state index contributed by atoms with van der Waals surface area (Å²) in [5.74, 6) is 1.38. The molecule has 5 nitrogen and oxygen atoms in total. The molecular weight excluding hydrogens is 364 g/mol. The van der Waals surface area contributed by atoms with Gasteiger partial charge in [0.2, 0.25) is 5.91 Å². The Labute approximate surface area is 172 Å². The maximum Gasteiger partial charge on any atom is 0.253 e. The van der Waals surface area contributed by atoms with Gasteiger partial charge in [-0.25, -0.2) is 0 Å². The number of hydrogen-bond acceptors (Lipinski definition) is 3. The molecule has 1 aliphatic heterocycles. The Hall–Kier alpha value is -2.82. The van der Waals surface area contributed by atoms with Crippen LogP contribution >= 0.6 is 0 Å². The van der Waals surface area contributed by atoms with Gasteiger partial charge in [-0.2, -0.15) is 0 Å². The summed E-state index contributed by atoms with van der Waals surface area (Å²) in [6.07, 6.45) is 3.19. The standard InChI is InChI=1S/C24H28N2O3/c1-29-22-11-9-19(10-12-22)24(28)26-15-20(18-5-3-2-4-6-18)13-21(16-26)23(27)25-14-17-7-8-17/h2-6,9-12,17,20-21H,7-8,13-16H2,1H3,(H,25,27)/t20-,21+/m0/s1. The smallest absolute Gasteiger partial charge is 0.253 e. The molecule has 1 N–H and O–H groups in total. The topological polar surface area (TPSA) is 58.6 Å². The van der Waals surface area contributed by atoms with Crippen molar-refractivity contribution in [2.45, 2.75) is 25.2 Å². The van der Waals surface area contributed by atoms with Crippen molar-refractivity contribution in [3.63, 3.8) is 0 Å². The lowest BCUT2D eigenvalue weighted by Crippen LogP contribution is -2.48. The normalized spacial score (nSPS) is 21.5. The molecule has 0 radical (unpaired) electrons. The summed E-state index contributed by atoms with van der Waals surface area (Å²) in [5.41, 5.74) is 1.80. The van der Waals surface area contributed by atoms with Crippen LogP contribution in [0.4, 0.5) is 0 Å². The van der Waals surface area contributed by atoms with Crippen LogP contribution in [0.5, 0.6) is 5.75 Å². The Morgan fingerprint density at radius 1 is 1.03 bits per heavy atom. The fraction of sp³-hybridized carbons (Fsp3) is 0.417. The second-order valence-corrected chi connectivity index (χ2v) is 8.17. The summed E-state index contributed by atoms with van der Waals surface area (Å²) in [6, 6.07) is 17.4. The highest BCUT2D eigenvalue weighted by Gasteiger charge is 2.35. The quantitative estimate of drug-likeness (QED) is 0.819. The third-order valence-corrected chi connectivity index (χ3v) is 5.98. The third kappa shape index (κ3) is 4.78. The summed E-state index contributed by atoms with van der Waals surface area (Å²) in [5, 5.41) is 3.11. The minimum absolute atomic E-state index is 0.0340. The van der Waals surface area contributed by atoms with Crippen LogP contribution < -0.4 is 10.1 Å². The number of ether oxygens (including phenoxy) is 1. The van der Waals surface area contributed by atoms with Crippen molar-refractivity contribution in [3.8, 4) is 5.75 Å². The van der Waals surface area contributed by atoms with Crippen LogP contribution in [0.2, 0.25) is 0 Å². The molecule has 1 saturated carbocycles. The summed E-state index contributed by atoms with van der Waals surface area (Å²) in [7, 11) is 1.61. The van der Waals surface area contributed by atoms with E-state index in [0.717, 1.165) is 18.7 Å². The van der Waals surface area contributed by atoms with Gasteiger partial charge in [-0.1, -0.05) is 30.3 Å². The highest BCUT2D eigenvalue weighted by atomic mass is 16.5. The zero-order chi connectivity index (χ0) is 20.2. The van der Waals surface area contributed by atoms with E-state index in [1.165, 1.54) is 18.4 Å². The van der Waals surface area contributed by atoms with Crippen LogP contribution in [-0.2, 0) is 4.79 Å². The third-order valence-electron chi connectivity index (χ3n) is 5.98. The average molecular weight is 392 g/mol. The van der Waals surface area contributed by atoms with E-state index in [9.17, 15) is 9.59 Å². The second kappa shape index (κ2) is 8.68. The number of amides is 2. The highest BCUT2D eigenvalue weighted by molar-refractivity contribution is 5.95. The molecule has 5 heteroatoms. The van der Waals surface area contributed by atoms with Gasteiger partial charge in [0.05, 0.1) is 13.0 Å². The summed E-state index contributed by atoms with van der Waals surface area (Å²) < 4.78 is 5.19. The van der Waals surface area contributed by atoms with Gasteiger partial charge in [0.25, 0.3) is 5.91 Å². The Morgan fingerprint density at radius 2 is 1.76 bits per heavy atom. The minimum Gasteiger partial charge on any atom is -0.497 e. The molecule has 2 aromatic rings. The number of piperidine rings is 1. The zero-order valence-electron chi connectivity index (χ0n) is 16.8. The van der Waals surface area contributed by atoms with E-state index in [-0.39, 0.29) is 23.7 Å². The Bertz CT molecular complexity index is 846. The number of methoxy groups -OCH3 is 1. The van der Waals surface area contributed by atoms with Crippen molar-refractivity contribution in [2.75, 3.05) is 26.7 Å². The fourth-order valence-corrected chi connectivity index (χ4v) is 4.05. The van der Waals surface area contributed by atoms with Gasteiger partial charge < -0.3 is 15.0 Å². The van der Waals surface area contributed by atoms with Gasteiger partial charge in [0, 0.05) is 31.1 Å². The fourth-order valence-electron chi connectivity index (χ4n) is 4.05. The molecule has 0 unspecified atom stereocenters. The number of carbonyl (C=O) groups excluding carboxylic acids is 2. The summed E-state index contributed by atoms with van der Waals surface area (Å²) >= 11 is 0. The van der Waals surface area contributed by atoms with E-state index in [2.05, 4.69) is 17.4 Å². The van der Waals surface area contributed by atoms with Crippen molar-refractivity contribution in [2.24, 2.45) is 11.8 Å². The molecule has 2 amide bonds. The molecule has 1 aliphatic carbocycles. The van der Waals surface area contributed by atoms with Crippen molar-refractivity contribution >= 4 is 11.8 Å². The van der Waals surface area contributed by atoms with E-state index in [4.69, 9.17) is 4.74 Å². The van der Waals surface area contributed by atoms with Gasteiger partial charge in [0.15, 0.2) is 0 Å². The van der Waals surface area contributed by atoms with Crippen LogP contribution in [0.25, 0.3) is 0 Å². The van der Waals surface area contributed by atoms with Crippen LogP contribution in [0.3, 0.4) is 0 Å². The van der Waals surface area contributed by atoms with Crippen LogP contribution in [-0.4, -0.2) is 43.5 Å². The van der Waals surface area contributed by atoms with Gasteiger partial charge in [0.1, 0.15) is 5.75 Å². The van der Waals surface area contributed by atoms with Crippen LogP contribution in [0, 0.1) is 11.8 Å². The number of hydrogen-bond donors (Lipinski definition) is 1. The van der Waals surface area contributed by atoms with Crippen molar-refractivity contribution < 1.29 is 14.3 Å². The van der Waals surface area contributed by atoms with Gasteiger partial charge in [-0.3, -0.25) is 9.59 Å². The molecule has 1 saturated heterocycles. The second-order valence-electron chi connectivity index (χ2n) is 8.17. The molecule has 1 heterocycles. The largest absolute Gasteiger partial charge is 0.497 e. The van der Waals surface area contributed by atoms with Crippen LogP contribution in [0.1, 0.15) is 41.1 Å². The first-order valence-electron chi connectivity index (χ1n) is 10.4. The molecule has 4 rings (SSSR count). The maximum absolute atomic E-state index is 13.2. The monoisotopic (exact) mass is 392 g/mol. The van der Waals surface area contributed by atoms with Crippen molar-refractivity contribution in [3.05, 3.63) is 65.7 Å². The van der Waals surface area contributed by atoms with E-state index < -0.39 is 0 Å². The number of nitrogens with zero attached hydrogens (tertiary/aromatic N) is 1. The molecule has 0 aromatic heterocycles. The lowest BCUT2D eigenvalue weighted by Gasteiger charge is -2.37. The van der Waals surface area contributed by atoms with E-state index in [0.29, 0.717) is 24.6 Å². The number of rotatable bonds is 6. The van der Waals surface area contributed by atoms with Gasteiger partial charge >= 0.3 is 0 Å². The predicted molar refractivity (Wildman–Crippen MR) is 112 cm³/mol. The number of benzene rings is 2. The predicted octanol–water partition coefficient (Wildman–Crippen LogP) is 3.47. The Kier molecular flexibility index (Phi) is 5.84. The first-order chi connectivity index (χ1) is 14.1. The van der Waals surface area contributed by atoms with Crippen LogP contribution in [0.15, 0.2) is 54.6 Å². The SMILES string of the molecule is COc1ccc(C(=O)N2C[C@H](C(=O)NCC3CC3)C[C@H](c3ccccc3)C2)cc1. The molecule has 2 aliphatic rings. The summed E-state index contributed by atoms with van der Waals surface area (Å²) in [6.45, 7) is 1.85. The van der Waals surface area contributed by atoms with Crippen molar-refractivity contribution in [1.29, 1.82) is 0 Å². The summed E-state index contributed by atoms with van der Waals surface area (Å²) in [4.78, 5) is 27.8. The first-order valence-corrected chi connectivity index (χ1v) is 10.4. The lowest BCUT2D eigenvalue weighted by atomic mass is 9.83. The molecule has 2 fully saturated rings. The van der Waals surface area contributed by atoms with E-state index >= 15 is 0 Å². The number of nitrogens with one attached hydrogen (secondary N) is 1. The molecule has 152 valence electrons. The van der Waals surface area contributed by atoms with Crippen molar-refractivity contribution in [1.82, 2.24) is 10.2 Å².